The number of ketones is 1. The van der Waals surface area contributed by atoms with E-state index in [4.69, 9.17) is 4.98 Å². The molecule has 0 spiro atoms. The minimum atomic E-state index is -0.877. The molecule has 186 valence electrons. The molecule has 5 aromatic rings. The normalized spacial score (nSPS) is 11.1. The molecular formula is C27H20F2N4O2S2. The largest absolute Gasteiger partial charge is 0.378 e. The van der Waals surface area contributed by atoms with Crippen molar-refractivity contribution in [3.05, 3.63) is 98.5 Å². The fourth-order valence-corrected chi connectivity index (χ4v) is 5.03. The van der Waals surface area contributed by atoms with Gasteiger partial charge in [0.15, 0.2) is 16.6 Å². The highest BCUT2D eigenvalue weighted by Gasteiger charge is 2.20. The molecule has 0 amide bonds. The standard InChI is InChI=1S/C27H20F2N4O2S2/c1-15-8-9-16(30-14-21(34)22-7-4-12-37-22)13-18(15)24-17-10-11-23(35)33(26(17)32-27(31-24)36-2)25-19(28)5-3-6-20(25)29/h3-13,30H,14H2,1-2H3. The molecule has 0 aliphatic heterocycles. The number of thiophene rings is 1. The van der Waals surface area contributed by atoms with Crippen LogP contribution in [0.25, 0.3) is 28.0 Å². The third kappa shape index (κ3) is 4.77. The lowest BCUT2D eigenvalue weighted by molar-refractivity contribution is 0.101. The summed E-state index contributed by atoms with van der Waals surface area (Å²) >= 11 is 2.64. The van der Waals surface area contributed by atoms with Crippen molar-refractivity contribution < 1.29 is 13.6 Å². The average molecular weight is 535 g/mol. The molecule has 0 saturated heterocycles. The number of rotatable bonds is 7. The van der Waals surface area contributed by atoms with E-state index in [0.717, 1.165) is 27.8 Å². The number of fused-ring (bicyclic) bond motifs is 1. The maximum Gasteiger partial charge on any atom is 0.256 e. The lowest BCUT2D eigenvalue weighted by atomic mass is 10.0. The van der Waals surface area contributed by atoms with E-state index >= 15 is 0 Å². The Kier molecular flexibility index (Phi) is 6.86. The summed E-state index contributed by atoms with van der Waals surface area (Å²) in [7, 11) is 0. The van der Waals surface area contributed by atoms with Gasteiger partial charge in [-0.3, -0.25) is 14.2 Å². The van der Waals surface area contributed by atoms with Gasteiger partial charge in [-0.1, -0.05) is 30.0 Å². The summed E-state index contributed by atoms with van der Waals surface area (Å²) in [5.41, 5.74) is 1.81. The molecule has 0 bridgehead atoms. The quantitative estimate of drug-likeness (QED) is 0.154. The second-order valence-electron chi connectivity index (χ2n) is 8.16. The molecule has 0 unspecified atom stereocenters. The molecule has 1 N–H and O–H groups in total. The lowest BCUT2D eigenvalue weighted by Crippen LogP contribution is -2.21. The number of nitrogens with zero attached hydrogens (tertiary/aromatic N) is 3. The van der Waals surface area contributed by atoms with Crippen molar-refractivity contribution in [2.45, 2.75) is 12.1 Å². The third-order valence-corrected chi connectivity index (χ3v) is 7.27. The fraction of sp³-hybridized carbons (Fsp3) is 0.111. The number of halogens is 2. The highest BCUT2D eigenvalue weighted by atomic mass is 32.2. The second kappa shape index (κ2) is 10.2. The maximum atomic E-state index is 14.7. The van der Waals surface area contributed by atoms with E-state index in [0.29, 0.717) is 26.8 Å². The van der Waals surface area contributed by atoms with Crippen LogP contribution in [0.4, 0.5) is 14.5 Å². The van der Waals surface area contributed by atoms with Gasteiger partial charge in [-0.2, -0.15) is 0 Å². The number of hydrogen-bond donors (Lipinski definition) is 1. The molecule has 3 heterocycles. The maximum absolute atomic E-state index is 14.7. The zero-order chi connectivity index (χ0) is 26.1. The summed E-state index contributed by atoms with van der Waals surface area (Å²) < 4.78 is 30.4. The topological polar surface area (TPSA) is 76.9 Å². The molecule has 5 rings (SSSR count). The van der Waals surface area contributed by atoms with Crippen LogP contribution >= 0.6 is 23.1 Å². The molecule has 2 aromatic carbocycles. The first-order valence-electron chi connectivity index (χ1n) is 11.2. The van der Waals surface area contributed by atoms with Gasteiger partial charge in [0, 0.05) is 22.7 Å². The van der Waals surface area contributed by atoms with E-state index in [1.165, 1.54) is 35.2 Å². The number of nitrogens with one attached hydrogen (secondary N) is 1. The van der Waals surface area contributed by atoms with E-state index < -0.39 is 22.9 Å². The zero-order valence-corrected chi connectivity index (χ0v) is 21.4. The SMILES string of the molecule is CSc1nc(-c2cc(NCC(=O)c3cccs3)ccc2C)c2ccc(=O)n(-c3c(F)cccc3F)c2n1. The Bertz CT molecular complexity index is 1680. The summed E-state index contributed by atoms with van der Waals surface area (Å²) in [6, 6.07) is 15.5. The van der Waals surface area contributed by atoms with Crippen LogP contribution in [0.2, 0.25) is 0 Å². The second-order valence-corrected chi connectivity index (χ2v) is 9.88. The van der Waals surface area contributed by atoms with Crippen LogP contribution < -0.4 is 10.9 Å². The Morgan fingerprint density at radius 3 is 2.54 bits per heavy atom. The van der Waals surface area contributed by atoms with Gasteiger partial charge in [0.2, 0.25) is 0 Å². The van der Waals surface area contributed by atoms with Crippen LogP contribution in [0.1, 0.15) is 15.2 Å². The van der Waals surface area contributed by atoms with E-state index in [1.54, 1.807) is 18.4 Å². The van der Waals surface area contributed by atoms with Crippen molar-refractivity contribution in [1.82, 2.24) is 14.5 Å². The third-order valence-electron chi connectivity index (χ3n) is 5.82. The van der Waals surface area contributed by atoms with E-state index in [2.05, 4.69) is 10.3 Å². The van der Waals surface area contributed by atoms with Crippen molar-refractivity contribution >= 4 is 45.6 Å². The highest BCUT2D eigenvalue weighted by Crippen LogP contribution is 2.33. The van der Waals surface area contributed by atoms with Gasteiger partial charge < -0.3 is 5.32 Å². The Morgan fingerprint density at radius 2 is 1.84 bits per heavy atom. The number of carbonyl (C=O) groups is 1. The van der Waals surface area contributed by atoms with E-state index in [1.807, 2.05) is 36.6 Å². The van der Waals surface area contributed by atoms with Crippen LogP contribution in [-0.4, -0.2) is 33.1 Å². The summed E-state index contributed by atoms with van der Waals surface area (Å²) in [6.07, 6.45) is 1.78. The first kappa shape index (κ1) is 24.8. The Hall–Kier alpha value is -3.89. The number of para-hydroxylation sites is 1. The lowest BCUT2D eigenvalue weighted by Gasteiger charge is -2.16. The van der Waals surface area contributed by atoms with Crippen molar-refractivity contribution in [1.29, 1.82) is 0 Å². The van der Waals surface area contributed by atoms with Crippen LogP contribution in [0.15, 0.2) is 76.0 Å². The van der Waals surface area contributed by atoms with Gasteiger partial charge >= 0.3 is 0 Å². The molecule has 37 heavy (non-hydrogen) atoms. The molecule has 10 heteroatoms. The Balaban J connectivity index is 1.66. The predicted molar refractivity (Wildman–Crippen MR) is 144 cm³/mol. The molecule has 6 nitrogen and oxygen atoms in total. The molecule has 0 aliphatic rings. The number of carbonyl (C=O) groups excluding carboxylic acids is 1. The number of benzene rings is 2. The number of Topliss-reactive ketones (excluding diaryl/α,β-unsaturated/α-hetero) is 1. The minimum Gasteiger partial charge on any atom is -0.378 e. The number of anilines is 1. The smallest absolute Gasteiger partial charge is 0.256 e. The summed E-state index contributed by atoms with van der Waals surface area (Å²) in [4.78, 5) is 35.1. The monoisotopic (exact) mass is 534 g/mol. The van der Waals surface area contributed by atoms with Crippen LogP contribution in [0.3, 0.4) is 0 Å². The summed E-state index contributed by atoms with van der Waals surface area (Å²) in [6.45, 7) is 2.03. The van der Waals surface area contributed by atoms with E-state index in [-0.39, 0.29) is 18.0 Å². The molecule has 3 aromatic heterocycles. The number of hydrogen-bond acceptors (Lipinski definition) is 7. The summed E-state index contributed by atoms with van der Waals surface area (Å²) in [5.74, 6) is -1.78. The van der Waals surface area contributed by atoms with Gasteiger partial charge in [0.25, 0.3) is 5.56 Å². The molecule has 0 radical (unpaired) electrons. The van der Waals surface area contributed by atoms with Gasteiger partial charge in [-0.05, 0) is 60.5 Å². The zero-order valence-electron chi connectivity index (χ0n) is 19.8. The molecule has 0 atom stereocenters. The van der Waals surface area contributed by atoms with Gasteiger partial charge in [0.05, 0.1) is 17.1 Å². The predicted octanol–water partition coefficient (Wildman–Crippen LogP) is 6.11. The van der Waals surface area contributed by atoms with Crippen molar-refractivity contribution in [2.75, 3.05) is 18.1 Å². The molecule has 0 saturated carbocycles. The van der Waals surface area contributed by atoms with Crippen molar-refractivity contribution in [2.24, 2.45) is 0 Å². The van der Waals surface area contributed by atoms with Crippen LogP contribution in [0, 0.1) is 18.6 Å². The fourth-order valence-electron chi connectivity index (χ4n) is 4.00. The summed E-state index contributed by atoms with van der Waals surface area (Å²) in [5, 5.41) is 5.81. The molecular weight excluding hydrogens is 514 g/mol. The Labute approximate surface area is 219 Å². The number of pyridine rings is 1. The van der Waals surface area contributed by atoms with Crippen molar-refractivity contribution in [3.63, 3.8) is 0 Å². The first-order chi connectivity index (χ1) is 17.9. The first-order valence-corrected chi connectivity index (χ1v) is 13.3. The highest BCUT2D eigenvalue weighted by molar-refractivity contribution is 7.98. The molecule has 0 aliphatic carbocycles. The minimum absolute atomic E-state index is 0.0230. The number of thioether (sulfide) groups is 1. The van der Waals surface area contributed by atoms with Gasteiger partial charge in [0.1, 0.15) is 17.3 Å². The van der Waals surface area contributed by atoms with Crippen molar-refractivity contribution in [3.8, 4) is 16.9 Å². The van der Waals surface area contributed by atoms with E-state index in [9.17, 15) is 18.4 Å². The van der Waals surface area contributed by atoms with Gasteiger partial charge in [-0.25, -0.2) is 18.7 Å². The number of aryl methyl sites for hydroxylation is 1. The van der Waals surface area contributed by atoms with Crippen LogP contribution in [-0.2, 0) is 0 Å². The number of aromatic nitrogens is 3. The van der Waals surface area contributed by atoms with Gasteiger partial charge in [-0.15, -0.1) is 11.3 Å². The molecule has 0 fully saturated rings. The Morgan fingerprint density at radius 1 is 1.05 bits per heavy atom. The van der Waals surface area contributed by atoms with Crippen LogP contribution in [0.5, 0.6) is 0 Å². The average Bonchev–Trinajstić information content (AvgIpc) is 3.44.